The van der Waals surface area contributed by atoms with Gasteiger partial charge in [0.15, 0.2) is 5.78 Å². The number of hydrogen-bond acceptors (Lipinski definition) is 6. The second-order valence-electron chi connectivity index (χ2n) is 7.28. The molecule has 0 spiro atoms. The SMILES string of the molecule is C=C(C(=O)c1ccc(C(=O)OC)cc1)c1cc(-c2cc3ccccc3s2)c(OC)cc1OC. The Bertz CT molecular complexity index is 1330. The van der Waals surface area contributed by atoms with Crippen molar-refractivity contribution in [3.8, 4) is 21.9 Å². The number of benzene rings is 3. The van der Waals surface area contributed by atoms with Crippen molar-refractivity contribution >= 4 is 38.7 Å². The van der Waals surface area contributed by atoms with E-state index in [1.165, 1.54) is 7.11 Å². The van der Waals surface area contributed by atoms with Crippen LogP contribution in [0.4, 0.5) is 0 Å². The summed E-state index contributed by atoms with van der Waals surface area (Å²) in [6.45, 7) is 4.06. The minimum Gasteiger partial charge on any atom is -0.496 e. The molecule has 6 heteroatoms. The molecule has 0 amide bonds. The van der Waals surface area contributed by atoms with Gasteiger partial charge in [0.05, 0.1) is 26.9 Å². The van der Waals surface area contributed by atoms with Crippen LogP contribution >= 0.6 is 11.3 Å². The van der Waals surface area contributed by atoms with Crippen LogP contribution in [0.15, 0.2) is 73.3 Å². The first-order valence-corrected chi connectivity index (χ1v) is 11.0. The van der Waals surface area contributed by atoms with Crippen molar-refractivity contribution in [1.82, 2.24) is 0 Å². The number of rotatable bonds is 7. The van der Waals surface area contributed by atoms with Crippen molar-refractivity contribution in [1.29, 1.82) is 0 Å². The number of hydrogen-bond donors (Lipinski definition) is 0. The summed E-state index contributed by atoms with van der Waals surface area (Å²) in [5.41, 5.74) is 2.49. The van der Waals surface area contributed by atoms with Crippen molar-refractivity contribution in [3.63, 3.8) is 0 Å². The Balaban J connectivity index is 1.76. The van der Waals surface area contributed by atoms with E-state index >= 15 is 0 Å². The number of methoxy groups -OCH3 is 3. The highest BCUT2D eigenvalue weighted by molar-refractivity contribution is 7.22. The minimum absolute atomic E-state index is 0.267. The number of ketones is 1. The van der Waals surface area contributed by atoms with Gasteiger partial charge in [0.2, 0.25) is 0 Å². The van der Waals surface area contributed by atoms with Gasteiger partial charge in [-0.1, -0.05) is 36.9 Å². The summed E-state index contributed by atoms with van der Waals surface area (Å²) >= 11 is 1.65. The van der Waals surface area contributed by atoms with Gasteiger partial charge < -0.3 is 14.2 Å². The van der Waals surface area contributed by atoms with E-state index in [1.54, 1.807) is 55.9 Å². The van der Waals surface area contributed by atoms with Crippen molar-refractivity contribution in [2.24, 2.45) is 0 Å². The average molecular weight is 459 g/mol. The van der Waals surface area contributed by atoms with Crippen LogP contribution in [0.2, 0.25) is 0 Å². The predicted octanol–water partition coefficient (Wildman–Crippen LogP) is 6.27. The molecule has 5 nitrogen and oxygen atoms in total. The first kappa shape index (κ1) is 22.3. The maximum atomic E-state index is 13.2. The van der Waals surface area contributed by atoms with Crippen LogP contribution < -0.4 is 9.47 Å². The maximum Gasteiger partial charge on any atom is 0.337 e. The van der Waals surface area contributed by atoms with E-state index in [1.807, 2.05) is 18.2 Å². The molecule has 0 aliphatic heterocycles. The number of carbonyl (C=O) groups excluding carboxylic acids is 2. The Labute approximate surface area is 195 Å². The first-order chi connectivity index (χ1) is 16.0. The highest BCUT2D eigenvalue weighted by atomic mass is 32.1. The molecule has 4 aromatic rings. The maximum absolute atomic E-state index is 13.2. The topological polar surface area (TPSA) is 61.8 Å². The number of fused-ring (bicyclic) bond motifs is 1. The fourth-order valence-electron chi connectivity index (χ4n) is 3.61. The Hall–Kier alpha value is -3.90. The molecule has 0 fully saturated rings. The second-order valence-corrected chi connectivity index (χ2v) is 8.36. The van der Waals surface area contributed by atoms with Crippen LogP contribution in [0.3, 0.4) is 0 Å². The van der Waals surface area contributed by atoms with Gasteiger partial charge in [-0.05, 0) is 35.7 Å². The Kier molecular flexibility index (Phi) is 6.29. The molecule has 0 saturated heterocycles. The number of allylic oxidation sites excluding steroid dienone is 1. The van der Waals surface area contributed by atoms with Crippen molar-refractivity contribution in [3.05, 3.63) is 90.0 Å². The normalized spacial score (nSPS) is 10.6. The van der Waals surface area contributed by atoms with E-state index in [4.69, 9.17) is 14.2 Å². The average Bonchev–Trinajstić information content (AvgIpc) is 3.30. The zero-order chi connectivity index (χ0) is 23.5. The van der Waals surface area contributed by atoms with Gasteiger partial charge in [0.1, 0.15) is 11.5 Å². The van der Waals surface area contributed by atoms with Gasteiger partial charge in [-0.25, -0.2) is 4.79 Å². The Morgan fingerprint density at radius 1 is 0.818 bits per heavy atom. The van der Waals surface area contributed by atoms with E-state index in [9.17, 15) is 9.59 Å². The third-order valence-corrected chi connectivity index (χ3v) is 6.53. The Morgan fingerprint density at radius 3 is 2.12 bits per heavy atom. The smallest absolute Gasteiger partial charge is 0.337 e. The lowest BCUT2D eigenvalue weighted by Gasteiger charge is -2.15. The number of thiophene rings is 1. The van der Waals surface area contributed by atoms with Crippen LogP contribution in [-0.4, -0.2) is 33.1 Å². The number of carbonyl (C=O) groups is 2. The van der Waals surface area contributed by atoms with E-state index in [2.05, 4.69) is 24.8 Å². The number of ether oxygens (including phenoxy) is 3. The molecule has 0 radical (unpaired) electrons. The van der Waals surface area contributed by atoms with Crippen molar-refractivity contribution < 1.29 is 23.8 Å². The summed E-state index contributed by atoms with van der Waals surface area (Å²) < 4.78 is 17.1. The third-order valence-electron chi connectivity index (χ3n) is 5.38. The molecule has 33 heavy (non-hydrogen) atoms. The molecule has 0 N–H and O–H groups in total. The molecule has 166 valence electrons. The highest BCUT2D eigenvalue weighted by Gasteiger charge is 2.21. The molecule has 3 aromatic carbocycles. The molecule has 0 aliphatic rings. The molecule has 1 aromatic heterocycles. The predicted molar refractivity (Wildman–Crippen MR) is 132 cm³/mol. The molecular formula is C27H22O5S. The molecule has 0 unspecified atom stereocenters. The van der Waals surface area contributed by atoms with E-state index in [0.29, 0.717) is 28.2 Å². The Morgan fingerprint density at radius 2 is 1.48 bits per heavy atom. The third kappa shape index (κ3) is 4.25. The van der Waals surface area contributed by atoms with Crippen molar-refractivity contribution in [2.75, 3.05) is 21.3 Å². The second kappa shape index (κ2) is 9.30. The zero-order valence-corrected chi connectivity index (χ0v) is 19.3. The molecule has 0 aliphatic carbocycles. The molecule has 0 atom stereocenters. The number of Topliss-reactive ketones (excluding diaryl/α,β-unsaturated/α-hetero) is 1. The quantitative estimate of drug-likeness (QED) is 0.186. The monoisotopic (exact) mass is 458 g/mol. The summed E-state index contributed by atoms with van der Waals surface area (Å²) in [6.07, 6.45) is 0. The van der Waals surface area contributed by atoms with E-state index < -0.39 is 5.97 Å². The van der Waals surface area contributed by atoms with Gasteiger partial charge >= 0.3 is 5.97 Å². The zero-order valence-electron chi connectivity index (χ0n) is 18.5. The van der Waals surface area contributed by atoms with Crippen LogP contribution in [0.25, 0.3) is 26.1 Å². The lowest BCUT2D eigenvalue weighted by atomic mass is 9.94. The van der Waals surface area contributed by atoms with Gasteiger partial charge in [0, 0.05) is 37.9 Å². The summed E-state index contributed by atoms with van der Waals surface area (Å²) in [7, 11) is 4.46. The molecule has 0 saturated carbocycles. The fourth-order valence-corrected chi connectivity index (χ4v) is 4.70. The van der Waals surface area contributed by atoms with Crippen molar-refractivity contribution in [2.45, 2.75) is 0 Å². The molecular weight excluding hydrogens is 436 g/mol. The molecule has 1 heterocycles. The van der Waals surface area contributed by atoms with Gasteiger partial charge in [-0.3, -0.25) is 4.79 Å². The molecule has 4 rings (SSSR count). The van der Waals surface area contributed by atoms with Gasteiger partial charge in [-0.2, -0.15) is 0 Å². The van der Waals surface area contributed by atoms with Crippen LogP contribution in [0.1, 0.15) is 26.3 Å². The summed E-state index contributed by atoms with van der Waals surface area (Å²) in [6, 6.07) is 20.2. The highest BCUT2D eigenvalue weighted by Crippen LogP contribution is 2.43. The summed E-state index contributed by atoms with van der Waals surface area (Å²) in [4.78, 5) is 25.9. The molecule has 0 bridgehead atoms. The summed E-state index contributed by atoms with van der Waals surface area (Å²) in [5.74, 6) is 0.404. The van der Waals surface area contributed by atoms with Gasteiger partial charge in [0.25, 0.3) is 0 Å². The van der Waals surface area contributed by atoms with Gasteiger partial charge in [-0.15, -0.1) is 11.3 Å². The standard InChI is InChI=1S/C27H22O5S/c1-16(26(28)17-9-11-18(12-10-17)27(29)32-4)20-14-21(23(31-3)15-22(20)30-2)25-13-19-7-5-6-8-24(19)33-25/h5-15H,1H2,2-4H3. The van der Waals surface area contributed by atoms with E-state index in [-0.39, 0.29) is 11.4 Å². The van der Waals surface area contributed by atoms with Crippen LogP contribution in [-0.2, 0) is 4.74 Å². The first-order valence-electron chi connectivity index (χ1n) is 10.1. The summed E-state index contributed by atoms with van der Waals surface area (Å²) in [5, 5.41) is 1.14. The lowest BCUT2D eigenvalue weighted by molar-refractivity contribution is 0.0600. The largest absolute Gasteiger partial charge is 0.496 e. The lowest BCUT2D eigenvalue weighted by Crippen LogP contribution is -2.06. The minimum atomic E-state index is -0.461. The number of esters is 1. The fraction of sp³-hybridized carbons (Fsp3) is 0.111. The van der Waals surface area contributed by atoms with Crippen LogP contribution in [0, 0.1) is 0 Å². The van der Waals surface area contributed by atoms with E-state index in [0.717, 1.165) is 20.5 Å². The van der Waals surface area contributed by atoms with Crippen LogP contribution in [0.5, 0.6) is 11.5 Å².